The van der Waals surface area contributed by atoms with Gasteiger partial charge in [-0.2, -0.15) is 0 Å². The molecule has 5 aromatic rings. The van der Waals surface area contributed by atoms with E-state index < -0.39 is 0 Å². The molecule has 1 N–H and O–H groups in total. The summed E-state index contributed by atoms with van der Waals surface area (Å²) in [7, 11) is 0. The van der Waals surface area contributed by atoms with Crippen molar-refractivity contribution in [3.63, 3.8) is 0 Å². The number of phenols is 1. The van der Waals surface area contributed by atoms with Gasteiger partial charge in [0.05, 0.1) is 0 Å². The average molecular weight is 519 g/mol. The zero-order valence-electron chi connectivity index (χ0n) is 21.8. The van der Waals surface area contributed by atoms with E-state index in [9.17, 15) is 5.11 Å². The lowest BCUT2D eigenvalue weighted by atomic mass is 9.86. The van der Waals surface area contributed by atoms with Gasteiger partial charge in [-0.05, 0) is 83.8 Å². The Morgan fingerprint density at radius 3 is 1.45 bits per heavy atom. The summed E-state index contributed by atoms with van der Waals surface area (Å²) in [5.41, 5.74) is 6.98. The van der Waals surface area contributed by atoms with Gasteiger partial charge in [-0.15, -0.1) is 0 Å². The minimum absolute atomic E-state index is 0.108. The topological polar surface area (TPSA) is 26.7 Å². The van der Waals surface area contributed by atoms with Crippen LogP contribution in [0.3, 0.4) is 0 Å². The number of aromatic hydroxyl groups is 1. The van der Waals surface area contributed by atoms with Gasteiger partial charge in [-0.1, -0.05) is 80.9 Å². The van der Waals surface area contributed by atoms with E-state index in [4.69, 9.17) is 11.6 Å². The molecule has 0 bridgehead atoms. The maximum Gasteiger partial charge on any atom is 0.117 e. The second kappa shape index (κ2) is 10.6. The molecule has 0 heterocycles. The maximum absolute atomic E-state index is 10.4. The Morgan fingerprint density at radius 2 is 0.974 bits per heavy atom. The molecule has 0 amide bonds. The summed E-state index contributed by atoms with van der Waals surface area (Å²) in [6.45, 7) is 6.68. The molecule has 0 aliphatic rings. The molecule has 0 aromatic heterocycles. The van der Waals surface area contributed by atoms with Crippen molar-refractivity contribution < 1.29 is 5.11 Å². The Morgan fingerprint density at radius 1 is 0.500 bits per heavy atom. The third-order valence-corrected chi connectivity index (χ3v) is 6.70. The van der Waals surface area contributed by atoms with Crippen LogP contribution in [-0.2, 0) is 5.41 Å². The lowest BCUT2D eigenvalue weighted by molar-refractivity contribution is 0.475. The highest BCUT2D eigenvalue weighted by atomic mass is 35.5. The van der Waals surface area contributed by atoms with Gasteiger partial charge >= 0.3 is 0 Å². The summed E-state index contributed by atoms with van der Waals surface area (Å²) in [6.07, 6.45) is 0. The van der Waals surface area contributed by atoms with Gasteiger partial charge in [0.15, 0.2) is 0 Å². The molecule has 0 saturated heterocycles. The first kappa shape index (κ1) is 25.4. The molecule has 0 atom stereocenters. The summed E-state index contributed by atoms with van der Waals surface area (Å²) in [5, 5.41) is 11.0. The van der Waals surface area contributed by atoms with E-state index in [1.807, 2.05) is 66.7 Å². The van der Waals surface area contributed by atoms with Crippen LogP contribution in [0, 0.1) is 0 Å². The van der Waals surface area contributed by atoms with Crippen molar-refractivity contribution in [1.82, 2.24) is 0 Å². The van der Waals surface area contributed by atoms with Crippen LogP contribution in [0.4, 0.5) is 34.1 Å². The van der Waals surface area contributed by atoms with Crippen LogP contribution in [0.1, 0.15) is 26.3 Å². The molecule has 0 aliphatic heterocycles. The van der Waals surface area contributed by atoms with E-state index in [1.165, 1.54) is 5.56 Å². The molecule has 0 unspecified atom stereocenters. The Kier molecular flexibility index (Phi) is 7.13. The second-order valence-corrected chi connectivity index (χ2v) is 10.8. The number of nitrogens with zero attached hydrogens (tertiary/aromatic N) is 2. The molecule has 38 heavy (non-hydrogen) atoms. The van der Waals surface area contributed by atoms with Gasteiger partial charge in [-0.25, -0.2) is 0 Å². The molecule has 5 aromatic carbocycles. The fourth-order valence-electron chi connectivity index (χ4n) is 4.58. The van der Waals surface area contributed by atoms with E-state index in [-0.39, 0.29) is 11.2 Å². The van der Waals surface area contributed by atoms with E-state index in [0.29, 0.717) is 5.02 Å². The number of rotatable bonds is 6. The van der Waals surface area contributed by atoms with Crippen LogP contribution < -0.4 is 9.80 Å². The van der Waals surface area contributed by atoms with Crippen molar-refractivity contribution in [2.45, 2.75) is 26.2 Å². The van der Waals surface area contributed by atoms with Crippen molar-refractivity contribution >= 4 is 45.7 Å². The van der Waals surface area contributed by atoms with Crippen molar-refractivity contribution in [1.29, 1.82) is 0 Å². The molecule has 0 saturated carbocycles. The molecule has 0 spiro atoms. The average Bonchev–Trinajstić information content (AvgIpc) is 2.90. The molecular formula is C34H31ClN2O. The Hall–Kier alpha value is -4.21. The number of phenolic OH excluding ortho intramolecular Hbond substituents is 1. The van der Waals surface area contributed by atoms with Crippen LogP contribution in [0.15, 0.2) is 127 Å². The van der Waals surface area contributed by atoms with E-state index in [1.54, 1.807) is 12.1 Å². The predicted molar refractivity (Wildman–Crippen MR) is 161 cm³/mol. The molecule has 190 valence electrons. The quantitative estimate of drug-likeness (QED) is 0.242. The van der Waals surface area contributed by atoms with Gasteiger partial charge in [0.25, 0.3) is 0 Å². The first-order chi connectivity index (χ1) is 18.3. The van der Waals surface area contributed by atoms with Crippen molar-refractivity contribution in [2.75, 3.05) is 9.80 Å². The number of benzene rings is 5. The first-order valence-corrected chi connectivity index (χ1v) is 13.1. The van der Waals surface area contributed by atoms with Gasteiger partial charge in [0.1, 0.15) is 5.75 Å². The normalized spacial score (nSPS) is 11.3. The van der Waals surface area contributed by atoms with Crippen molar-refractivity contribution in [3.8, 4) is 5.75 Å². The van der Waals surface area contributed by atoms with Crippen LogP contribution in [-0.4, -0.2) is 5.11 Å². The highest BCUT2D eigenvalue weighted by molar-refractivity contribution is 6.30. The standard InChI is InChI=1S/C34H31ClN2O/c1-34(2,3)25-20-31(36(27-13-6-4-7-14-27)29-17-10-12-26(35)22-29)23-32(21-25)37(28-15-8-5-9-16-28)30-18-11-19-33(38)24-30/h4-24,38H,1-3H3. The number of hydrogen-bond donors (Lipinski definition) is 1. The third kappa shape index (κ3) is 5.53. The predicted octanol–water partition coefficient (Wildman–Crippen LogP) is 10.3. The molecule has 4 heteroatoms. The number of halogens is 1. The van der Waals surface area contributed by atoms with Crippen molar-refractivity contribution in [2.24, 2.45) is 0 Å². The van der Waals surface area contributed by atoms with Crippen LogP contribution in [0.25, 0.3) is 0 Å². The van der Waals surface area contributed by atoms with E-state index in [2.05, 4.69) is 79.1 Å². The zero-order valence-corrected chi connectivity index (χ0v) is 22.6. The van der Waals surface area contributed by atoms with Crippen LogP contribution in [0.5, 0.6) is 5.75 Å². The zero-order chi connectivity index (χ0) is 26.7. The fraction of sp³-hybridized carbons (Fsp3) is 0.118. The number of para-hydroxylation sites is 2. The minimum Gasteiger partial charge on any atom is -0.508 e. The largest absolute Gasteiger partial charge is 0.508 e. The molecule has 0 fully saturated rings. The lowest BCUT2D eigenvalue weighted by Crippen LogP contribution is -2.17. The van der Waals surface area contributed by atoms with Gasteiger partial charge in [-0.3, -0.25) is 0 Å². The van der Waals surface area contributed by atoms with Crippen molar-refractivity contribution in [3.05, 3.63) is 138 Å². The minimum atomic E-state index is -0.108. The Labute approximate surface area is 230 Å². The van der Waals surface area contributed by atoms with Crippen LogP contribution >= 0.6 is 11.6 Å². The summed E-state index contributed by atoms with van der Waals surface area (Å²) in [4.78, 5) is 4.41. The summed E-state index contributed by atoms with van der Waals surface area (Å²) in [6, 6.07) is 42.6. The second-order valence-electron chi connectivity index (χ2n) is 10.3. The molecule has 0 radical (unpaired) electrons. The summed E-state index contributed by atoms with van der Waals surface area (Å²) < 4.78 is 0. The molecule has 3 nitrogen and oxygen atoms in total. The molecular weight excluding hydrogens is 488 g/mol. The SMILES string of the molecule is CC(C)(C)c1cc(N(c2ccccc2)c2cccc(O)c2)cc(N(c2ccccc2)c2cccc(Cl)c2)c1. The maximum atomic E-state index is 10.4. The van der Waals surface area contributed by atoms with Crippen LogP contribution in [0.2, 0.25) is 5.02 Å². The first-order valence-electron chi connectivity index (χ1n) is 12.7. The van der Waals surface area contributed by atoms with Gasteiger partial charge in [0.2, 0.25) is 0 Å². The monoisotopic (exact) mass is 518 g/mol. The smallest absolute Gasteiger partial charge is 0.117 e. The van der Waals surface area contributed by atoms with E-state index in [0.717, 1.165) is 34.1 Å². The highest BCUT2D eigenvalue weighted by Gasteiger charge is 2.22. The number of anilines is 6. The van der Waals surface area contributed by atoms with Gasteiger partial charge in [0, 0.05) is 45.2 Å². The third-order valence-electron chi connectivity index (χ3n) is 6.47. The summed E-state index contributed by atoms with van der Waals surface area (Å²) >= 11 is 6.47. The van der Waals surface area contributed by atoms with E-state index >= 15 is 0 Å². The molecule has 0 aliphatic carbocycles. The molecule has 5 rings (SSSR count). The fourth-order valence-corrected chi connectivity index (χ4v) is 4.77. The Bertz CT molecular complexity index is 1420. The number of hydrogen-bond acceptors (Lipinski definition) is 3. The van der Waals surface area contributed by atoms with Gasteiger partial charge < -0.3 is 14.9 Å². The highest BCUT2D eigenvalue weighted by Crippen LogP contribution is 2.43. The Balaban J connectivity index is 1.78. The lowest BCUT2D eigenvalue weighted by Gasteiger charge is -2.32. The summed E-state index contributed by atoms with van der Waals surface area (Å²) in [5.74, 6) is 0.223.